The molecule has 1 saturated heterocycles. The van der Waals surface area contributed by atoms with Crippen LogP contribution in [0.3, 0.4) is 0 Å². The van der Waals surface area contributed by atoms with E-state index in [1.807, 2.05) is 6.07 Å². The fourth-order valence-corrected chi connectivity index (χ4v) is 2.99. The summed E-state index contributed by atoms with van der Waals surface area (Å²) in [5.41, 5.74) is 1.30. The van der Waals surface area contributed by atoms with E-state index in [1.54, 1.807) is 15.9 Å². The van der Waals surface area contributed by atoms with E-state index in [0.717, 1.165) is 18.3 Å². The molecule has 3 nitrogen and oxygen atoms in total. The summed E-state index contributed by atoms with van der Waals surface area (Å²) in [6.45, 7) is 7.93. The van der Waals surface area contributed by atoms with E-state index in [1.165, 1.54) is 31.5 Å². The first kappa shape index (κ1) is 15.1. The molecule has 0 aromatic heterocycles. The highest BCUT2D eigenvalue weighted by molar-refractivity contribution is 5.32. The van der Waals surface area contributed by atoms with Crippen LogP contribution >= 0.6 is 0 Å². The topological polar surface area (TPSA) is 18.1 Å². The maximum absolute atomic E-state index is 5.76. The molecule has 1 aliphatic heterocycles. The number of ether oxygens (including phenoxy) is 1. The molecule has 1 heterocycles. The molecule has 0 amide bonds. The lowest BCUT2D eigenvalue weighted by Gasteiger charge is -2.31. The molecule has 0 aliphatic carbocycles. The summed E-state index contributed by atoms with van der Waals surface area (Å²) in [4.78, 5) is 3.27. The molecule has 1 aromatic rings. The number of benzene rings is 1. The first-order valence-electron chi connectivity index (χ1n) is 7.66. The van der Waals surface area contributed by atoms with Gasteiger partial charge >= 0.3 is 0 Å². The molecule has 0 bridgehead atoms. The summed E-state index contributed by atoms with van der Waals surface area (Å²) in [5.74, 6) is 1.00. The van der Waals surface area contributed by atoms with Crippen LogP contribution in [0.1, 0.15) is 18.4 Å². The molecule has 1 fully saturated rings. The predicted molar refractivity (Wildman–Crippen MR) is 82.4 cm³/mol. The van der Waals surface area contributed by atoms with Crippen molar-refractivity contribution in [3.8, 4) is 5.75 Å². The van der Waals surface area contributed by atoms with Crippen molar-refractivity contribution >= 4 is 0 Å². The summed E-state index contributed by atoms with van der Waals surface area (Å²) in [6, 6.07) is 9.16. The van der Waals surface area contributed by atoms with Crippen molar-refractivity contribution in [3.05, 3.63) is 42.5 Å². The highest BCUT2D eigenvalue weighted by Gasteiger charge is 2.26. The third-order valence-electron chi connectivity index (χ3n) is 4.33. The lowest BCUT2D eigenvalue weighted by atomic mass is 10.0. The highest BCUT2D eigenvalue weighted by Crippen LogP contribution is 2.17. The van der Waals surface area contributed by atoms with Crippen LogP contribution < -0.4 is 14.5 Å². The number of hydrogen-bond donors (Lipinski definition) is 2. The Morgan fingerprint density at radius 2 is 2.05 bits per heavy atom. The molecular weight excluding hydrogens is 248 g/mol. The molecule has 20 heavy (non-hydrogen) atoms. The van der Waals surface area contributed by atoms with Crippen molar-refractivity contribution in [1.82, 2.24) is 0 Å². The van der Waals surface area contributed by atoms with Gasteiger partial charge in [0.15, 0.2) is 0 Å². The summed E-state index contributed by atoms with van der Waals surface area (Å²) < 4.78 is 5.76. The van der Waals surface area contributed by atoms with Gasteiger partial charge in [-0.15, -0.1) is 0 Å². The lowest BCUT2D eigenvalue weighted by molar-refractivity contribution is -0.948. The van der Waals surface area contributed by atoms with Gasteiger partial charge in [0.05, 0.1) is 33.2 Å². The Morgan fingerprint density at radius 1 is 1.35 bits per heavy atom. The van der Waals surface area contributed by atoms with Gasteiger partial charge in [0, 0.05) is 18.4 Å². The number of quaternary nitrogens is 2. The molecule has 1 atom stereocenters. The average Bonchev–Trinajstić information content (AvgIpc) is 2.47. The fourth-order valence-electron chi connectivity index (χ4n) is 2.99. The van der Waals surface area contributed by atoms with Crippen molar-refractivity contribution in [2.75, 3.05) is 33.8 Å². The third kappa shape index (κ3) is 4.09. The number of rotatable bonds is 6. The van der Waals surface area contributed by atoms with Gasteiger partial charge in [0.25, 0.3) is 0 Å². The van der Waals surface area contributed by atoms with Crippen LogP contribution in [0.25, 0.3) is 0 Å². The minimum Gasteiger partial charge on any atom is -0.489 e. The number of piperidine rings is 1. The van der Waals surface area contributed by atoms with Crippen LogP contribution in [-0.2, 0) is 6.54 Å². The quantitative estimate of drug-likeness (QED) is 0.697. The first-order valence-corrected chi connectivity index (χ1v) is 7.66. The van der Waals surface area contributed by atoms with Crippen molar-refractivity contribution in [2.45, 2.75) is 25.4 Å². The Hall–Kier alpha value is -1.32. The van der Waals surface area contributed by atoms with Gasteiger partial charge in [0.1, 0.15) is 18.9 Å². The second-order valence-electron chi connectivity index (χ2n) is 5.96. The first-order chi connectivity index (χ1) is 9.70. The second kappa shape index (κ2) is 7.46. The Labute approximate surface area is 122 Å². The van der Waals surface area contributed by atoms with Gasteiger partial charge in [-0.1, -0.05) is 24.8 Å². The van der Waals surface area contributed by atoms with Gasteiger partial charge in [0.2, 0.25) is 0 Å². The zero-order valence-corrected chi connectivity index (χ0v) is 12.8. The highest BCUT2D eigenvalue weighted by atomic mass is 16.5. The van der Waals surface area contributed by atoms with Crippen molar-refractivity contribution in [2.24, 2.45) is 0 Å². The van der Waals surface area contributed by atoms with E-state index in [4.69, 9.17) is 4.74 Å². The largest absolute Gasteiger partial charge is 0.489 e. The van der Waals surface area contributed by atoms with E-state index < -0.39 is 0 Å². The van der Waals surface area contributed by atoms with Crippen molar-refractivity contribution < 1.29 is 14.5 Å². The van der Waals surface area contributed by atoms with Crippen LogP contribution in [0.15, 0.2) is 36.9 Å². The number of likely N-dealkylation sites (tertiary alicyclic amines) is 1. The molecule has 1 unspecified atom stereocenters. The van der Waals surface area contributed by atoms with Crippen LogP contribution in [0.2, 0.25) is 0 Å². The molecular formula is C17H28N2O+2. The fraction of sp³-hybridized carbons (Fsp3) is 0.529. The Morgan fingerprint density at radius 3 is 2.75 bits per heavy atom. The van der Waals surface area contributed by atoms with Gasteiger partial charge in [-0.2, -0.15) is 0 Å². The number of nitrogens with one attached hydrogen (secondary N) is 2. The van der Waals surface area contributed by atoms with E-state index in [2.05, 4.69) is 38.9 Å². The molecule has 0 saturated carbocycles. The van der Waals surface area contributed by atoms with Crippen LogP contribution in [0.5, 0.6) is 5.75 Å². The summed E-state index contributed by atoms with van der Waals surface area (Å²) in [6.07, 6.45) is 4.45. The molecule has 3 heteroatoms. The van der Waals surface area contributed by atoms with E-state index in [0.29, 0.717) is 6.61 Å². The summed E-state index contributed by atoms with van der Waals surface area (Å²) in [5, 5.41) is 0. The average molecular weight is 276 g/mol. The predicted octanol–water partition coefficient (Wildman–Crippen LogP) is -0.0568. The smallest absolute Gasteiger partial charge is 0.128 e. The summed E-state index contributed by atoms with van der Waals surface area (Å²) >= 11 is 0. The molecule has 1 aromatic carbocycles. The lowest BCUT2D eigenvalue weighted by Crippen LogP contribution is -3.17. The third-order valence-corrected chi connectivity index (χ3v) is 4.33. The van der Waals surface area contributed by atoms with Crippen LogP contribution in [-0.4, -0.2) is 39.8 Å². The normalized spacial score (nSPS) is 24.1. The van der Waals surface area contributed by atoms with Gasteiger partial charge < -0.3 is 14.5 Å². The zero-order chi connectivity index (χ0) is 14.4. The van der Waals surface area contributed by atoms with Gasteiger partial charge in [-0.25, -0.2) is 0 Å². The molecule has 1 aliphatic rings. The Kier molecular flexibility index (Phi) is 5.62. The zero-order valence-electron chi connectivity index (χ0n) is 12.8. The maximum Gasteiger partial charge on any atom is 0.128 e. The Bertz CT molecular complexity index is 425. The van der Waals surface area contributed by atoms with Crippen molar-refractivity contribution in [3.63, 3.8) is 0 Å². The molecule has 0 radical (unpaired) electrons. The number of para-hydroxylation sites is 1. The summed E-state index contributed by atoms with van der Waals surface area (Å²) in [7, 11) is 4.61. The molecule has 0 spiro atoms. The van der Waals surface area contributed by atoms with Crippen LogP contribution in [0, 0.1) is 0 Å². The molecule has 2 rings (SSSR count). The minimum atomic E-state index is 0.577. The van der Waals surface area contributed by atoms with Crippen molar-refractivity contribution in [1.29, 1.82) is 0 Å². The number of hydrogen-bond acceptors (Lipinski definition) is 1. The van der Waals surface area contributed by atoms with Gasteiger partial charge in [-0.3, -0.25) is 0 Å². The second-order valence-corrected chi connectivity index (χ2v) is 5.96. The SMILES string of the molecule is C=CCOc1ccccc1C[NH+](C)C1CC[NH+](C)CC1. The maximum atomic E-state index is 5.76. The van der Waals surface area contributed by atoms with Crippen LogP contribution in [0.4, 0.5) is 0 Å². The molecule has 110 valence electrons. The standard InChI is InChI=1S/C17H26N2O/c1-4-13-20-17-8-6-5-7-15(17)14-19(3)16-9-11-18(2)12-10-16/h4-8,16H,1,9-14H2,2-3H3/p+2. The monoisotopic (exact) mass is 276 g/mol. The molecule has 2 N–H and O–H groups in total. The van der Waals surface area contributed by atoms with E-state index in [9.17, 15) is 0 Å². The van der Waals surface area contributed by atoms with E-state index >= 15 is 0 Å². The Balaban J connectivity index is 1.96. The minimum absolute atomic E-state index is 0.577. The van der Waals surface area contributed by atoms with E-state index in [-0.39, 0.29) is 0 Å². The van der Waals surface area contributed by atoms with Gasteiger partial charge in [-0.05, 0) is 12.1 Å².